The summed E-state index contributed by atoms with van der Waals surface area (Å²) in [6.45, 7) is 8.41. The van der Waals surface area contributed by atoms with Gasteiger partial charge < -0.3 is 20.7 Å². The second-order valence-electron chi connectivity index (χ2n) is 9.79. The molecule has 0 bridgehead atoms. The summed E-state index contributed by atoms with van der Waals surface area (Å²) in [6.07, 6.45) is 4.63. The number of hydrogen-bond acceptors (Lipinski definition) is 8. The molecule has 2 aromatic carbocycles. The van der Waals surface area contributed by atoms with E-state index in [4.69, 9.17) is 9.72 Å². The molecular formula is C30H32Br2N6O2S. The lowest BCUT2D eigenvalue weighted by Gasteiger charge is -2.26. The maximum Gasteiger partial charge on any atom is 0.255 e. The van der Waals surface area contributed by atoms with Gasteiger partial charge in [-0.05, 0) is 74.0 Å². The van der Waals surface area contributed by atoms with Gasteiger partial charge in [0.05, 0.1) is 18.9 Å². The summed E-state index contributed by atoms with van der Waals surface area (Å²) in [4.78, 5) is 24.5. The first-order chi connectivity index (χ1) is 20.0. The normalized spacial score (nSPS) is 13.7. The Kier molecular flexibility index (Phi) is 10.5. The van der Waals surface area contributed by atoms with Crippen molar-refractivity contribution < 1.29 is 9.53 Å². The fourth-order valence-electron chi connectivity index (χ4n) is 4.50. The Balaban J connectivity index is 1.17. The number of aromatic nitrogens is 2. The maximum atomic E-state index is 13.2. The zero-order valence-corrected chi connectivity index (χ0v) is 26.7. The van der Waals surface area contributed by atoms with Gasteiger partial charge in [0.2, 0.25) is 0 Å². The van der Waals surface area contributed by atoms with Gasteiger partial charge in [-0.25, -0.2) is 4.98 Å². The van der Waals surface area contributed by atoms with E-state index in [0.29, 0.717) is 17.8 Å². The van der Waals surface area contributed by atoms with Gasteiger partial charge in [-0.15, -0.1) is 11.3 Å². The molecule has 214 valence electrons. The van der Waals surface area contributed by atoms with Crippen LogP contribution in [-0.4, -0.2) is 60.2 Å². The van der Waals surface area contributed by atoms with E-state index >= 15 is 0 Å². The van der Waals surface area contributed by atoms with E-state index in [1.807, 2.05) is 54.8 Å². The summed E-state index contributed by atoms with van der Waals surface area (Å²) in [5.74, 6) is -0.181. The highest BCUT2D eigenvalue weighted by Crippen LogP contribution is 2.31. The summed E-state index contributed by atoms with van der Waals surface area (Å²) in [6, 6.07) is 13.4. The van der Waals surface area contributed by atoms with E-state index in [0.717, 1.165) is 88.0 Å². The number of amides is 1. The predicted octanol–water partition coefficient (Wildman–Crippen LogP) is 6.85. The molecule has 1 fully saturated rings. The van der Waals surface area contributed by atoms with E-state index < -0.39 is 0 Å². The molecule has 0 radical (unpaired) electrons. The zero-order valence-electron chi connectivity index (χ0n) is 22.8. The molecular weight excluding hydrogens is 668 g/mol. The van der Waals surface area contributed by atoms with Crippen LogP contribution in [0.4, 0.5) is 16.5 Å². The minimum absolute atomic E-state index is 0.181. The summed E-state index contributed by atoms with van der Waals surface area (Å²) in [5, 5.41) is 12.7. The largest absolute Gasteiger partial charge is 0.379 e. The van der Waals surface area contributed by atoms with Crippen LogP contribution in [0.1, 0.15) is 27.9 Å². The van der Waals surface area contributed by atoms with Crippen molar-refractivity contribution in [2.24, 2.45) is 0 Å². The molecule has 0 aliphatic carbocycles. The molecule has 0 saturated carbocycles. The Labute approximate surface area is 261 Å². The molecule has 8 nitrogen and oxygen atoms in total. The molecule has 5 rings (SSSR count). The smallest absolute Gasteiger partial charge is 0.255 e. The molecule has 2 aromatic heterocycles. The van der Waals surface area contributed by atoms with Crippen LogP contribution in [-0.2, 0) is 11.3 Å². The van der Waals surface area contributed by atoms with Crippen molar-refractivity contribution in [3.8, 4) is 11.3 Å². The monoisotopic (exact) mass is 698 g/mol. The number of carbonyl (C=O) groups excluding carboxylic acids is 1. The van der Waals surface area contributed by atoms with Gasteiger partial charge in [0.15, 0.2) is 5.13 Å². The minimum atomic E-state index is -0.181. The number of nitrogens with zero attached hydrogens (tertiary/aromatic N) is 3. The van der Waals surface area contributed by atoms with Gasteiger partial charge in [-0.1, -0.05) is 37.9 Å². The van der Waals surface area contributed by atoms with Crippen molar-refractivity contribution in [3.63, 3.8) is 0 Å². The van der Waals surface area contributed by atoms with Crippen molar-refractivity contribution in [2.75, 3.05) is 50.0 Å². The van der Waals surface area contributed by atoms with Gasteiger partial charge in [-0.2, -0.15) is 0 Å². The van der Waals surface area contributed by atoms with Crippen molar-refractivity contribution in [1.82, 2.24) is 20.2 Å². The Hall–Kier alpha value is -2.67. The zero-order chi connectivity index (χ0) is 28.6. The maximum absolute atomic E-state index is 13.2. The van der Waals surface area contributed by atoms with Crippen LogP contribution in [0.2, 0.25) is 0 Å². The van der Waals surface area contributed by atoms with Crippen LogP contribution in [0, 0.1) is 6.92 Å². The number of thiazole rings is 1. The lowest BCUT2D eigenvalue weighted by molar-refractivity contribution is 0.0374. The Morgan fingerprint density at radius 3 is 2.68 bits per heavy atom. The molecule has 0 atom stereocenters. The molecule has 0 unspecified atom stereocenters. The molecule has 1 amide bonds. The standard InChI is InChI=1S/C30H32Br2N6O2S/c1-20-5-6-23(16-27(20)36-30-37-28(19-41-30)21-4-2-7-33-17-21)35-29(39)22-14-25(31)24(26(32)15-22)18-34-8-3-9-38-10-12-40-13-11-38/h2,4-7,14-17,19,34H,3,8-13,18H2,1H3,(H,35,39)(H,36,37). The second-order valence-corrected chi connectivity index (χ2v) is 12.4. The summed E-state index contributed by atoms with van der Waals surface area (Å²) in [5.41, 5.74) is 6.12. The van der Waals surface area contributed by atoms with Crippen LogP contribution in [0.3, 0.4) is 0 Å². The van der Waals surface area contributed by atoms with Gasteiger partial charge >= 0.3 is 0 Å². The van der Waals surface area contributed by atoms with Crippen LogP contribution in [0.25, 0.3) is 11.3 Å². The van der Waals surface area contributed by atoms with Crippen LogP contribution >= 0.6 is 43.2 Å². The highest BCUT2D eigenvalue weighted by Gasteiger charge is 2.15. The van der Waals surface area contributed by atoms with Gasteiger partial charge in [0, 0.05) is 68.9 Å². The van der Waals surface area contributed by atoms with Crippen LogP contribution in [0.5, 0.6) is 0 Å². The number of rotatable bonds is 11. The number of benzene rings is 2. The SMILES string of the molecule is Cc1ccc(NC(=O)c2cc(Br)c(CNCCCN3CCOCC3)c(Br)c2)cc1Nc1nc(-c2cccnc2)cs1. The fraction of sp³-hybridized carbons (Fsp3) is 0.300. The first-order valence-electron chi connectivity index (χ1n) is 13.5. The first kappa shape index (κ1) is 29.8. The Morgan fingerprint density at radius 1 is 1.12 bits per heavy atom. The highest BCUT2D eigenvalue weighted by atomic mass is 79.9. The molecule has 11 heteroatoms. The molecule has 3 N–H and O–H groups in total. The average Bonchev–Trinajstić information content (AvgIpc) is 3.45. The number of halogens is 2. The van der Waals surface area contributed by atoms with E-state index in [1.54, 1.807) is 12.4 Å². The molecule has 0 spiro atoms. The van der Waals surface area contributed by atoms with Crippen molar-refractivity contribution in [1.29, 1.82) is 0 Å². The lowest BCUT2D eigenvalue weighted by atomic mass is 10.1. The number of carbonyl (C=O) groups is 1. The number of anilines is 3. The van der Waals surface area contributed by atoms with Crippen molar-refractivity contribution >= 4 is 65.6 Å². The number of morpholine rings is 1. The van der Waals surface area contributed by atoms with Gasteiger partial charge in [-0.3, -0.25) is 14.7 Å². The third kappa shape index (κ3) is 8.21. The third-order valence-electron chi connectivity index (χ3n) is 6.84. The molecule has 41 heavy (non-hydrogen) atoms. The van der Waals surface area contributed by atoms with Crippen LogP contribution in [0.15, 0.2) is 69.2 Å². The first-order valence-corrected chi connectivity index (χ1v) is 16.0. The third-order valence-corrected chi connectivity index (χ3v) is 9.01. The Morgan fingerprint density at radius 2 is 1.93 bits per heavy atom. The average molecular weight is 701 g/mol. The second kappa shape index (κ2) is 14.5. The van der Waals surface area contributed by atoms with Crippen molar-refractivity contribution in [3.05, 3.63) is 85.9 Å². The van der Waals surface area contributed by atoms with E-state index in [-0.39, 0.29) is 5.91 Å². The number of aryl methyl sites for hydroxylation is 1. The van der Waals surface area contributed by atoms with Gasteiger partial charge in [0.25, 0.3) is 5.91 Å². The topological polar surface area (TPSA) is 91.4 Å². The minimum Gasteiger partial charge on any atom is -0.379 e. The predicted molar refractivity (Wildman–Crippen MR) is 173 cm³/mol. The van der Waals surface area contributed by atoms with E-state index in [2.05, 4.69) is 57.7 Å². The summed E-state index contributed by atoms with van der Waals surface area (Å²) in [7, 11) is 0. The van der Waals surface area contributed by atoms with E-state index in [9.17, 15) is 4.79 Å². The fourth-order valence-corrected chi connectivity index (χ4v) is 6.70. The quantitative estimate of drug-likeness (QED) is 0.148. The number of hydrogen-bond donors (Lipinski definition) is 3. The highest BCUT2D eigenvalue weighted by molar-refractivity contribution is 9.11. The summed E-state index contributed by atoms with van der Waals surface area (Å²) >= 11 is 8.86. The van der Waals surface area contributed by atoms with E-state index in [1.165, 1.54) is 11.3 Å². The molecule has 1 aliphatic rings. The molecule has 1 saturated heterocycles. The van der Waals surface area contributed by atoms with Crippen LogP contribution < -0.4 is 16.0 Å². The van der Waals surface area contributed by atoms with Gasteiger partial charge in [0.1, 0.15) is 0 Å². The number of pyridine rings is 1. The summed E-state index contributed by atoms with van der Waals surface area (Å²) < 4.78 is 7.19. The van der Waals surface area contributed by atoms with Crippen molar-refractivity contribution in [2.45, 2.75) is 19.9 Å². The lowest BCUT2D eigenvalue weighted by Crippen LogP contribution is -2.37. The Bertz CT molecular complexity index is 1450. The molecule has 3 heterocycles. The number of ether oxygens (including phenoxy) is 1. The molecule has 1 aliphatic heterocycles. The number of nitrogens with one attached hydrogen (secondary N) is 3. The molecule has 4 aromatic rings.